The first-order valence-corrected chi connectivity index (χ1v) is 11.0. The molecule has 4 aromatic rings. The standard InChI is InChI=1S/C27H29N3O2/c1-5-6-11-26-28-24-15-13-19(29(3)4)17-25(24)30(26)20-12-14-21(18(2)16-20)22-9-7-8-10-23(22)27(31)32/h7-10,12-17H,5-6,11H2,1-4H3,(H,31,32). The number of aromatic carboxylic acids is 1. The maximum atomic E-state index is 11.7. The van der Waals surface area contributed by atoms with Crippen molar-refractivity contribution in [2.45, 2.75) is 33.1 Å². The zero-order valence-corrected chi connectivity index (χ0v) is 19.1. The molecule has 0 spiro atoms. The van der Waals surface area contributed by atoms with Gasteiger partial charge in [0.25, 0.3) is 0 Å². The topological polar surface area (TPSA) is 58.4 Å². The van der Waals surface area contributed by atoms with E-state index >= 15 is 0 Å². The SMILES string of the molecule is CCCCc1nc2ccc(N(C)C)cc2n1-c1ccc(-c2ccccc2C(=O)O)c(C)c1. The Morgan fingerprint density at radius 3 is 2.50 bits per heavy atom. The molecular weight excluding hydrogens is 398 g/mol. The Kier molecular flexibility index (Phi) is 5.99. The van der Waals surface area contributed by atoms with Gasteiger partial charge in [-0.05, 0) is 66.4 Å². The molecule has 0 aliphatic rings. The Bertz CT molecular complexity index is 1290. The van der Waals surface area contributed by atoms with E-state index in [1.807, 2.05) is 39.2 Å². The molecule has 0 unspecified atom stereocenters. The number of hydrogen-bond donors (Lipinski definition) is 1. The fraction of sp³-hybridized carbons (Fsp3) is 0.259. The van der Waals surface area contributed by atoms with Gasteiger partial charge in [0.15, 0.2) is 0 Å². The number of anilines is 1. The molecule has 0 aliphatic carbocycles. The molecule has 164 valence electrons. The van der Waals surface area contributed by atoms with Crippen LogP contribution in [-0.2, 0) is 6.42 Å². The normalized spacial score (nSPS) is 11.1. The third kappa shape index (κ3) is 3.98. The molecule has 0 aliphatic heterocycles. The molecule has 1 aromatic heterocycles. The van der Waals surface area contributed by atoms with Crippen molar-refractivity contribution in [2.75, 3.05) is 19.0 Å². The van der Waals surface area contributed by atoms with E-state index in [2.05, 4.69) is 46.7 Å². The molecule has 1 heterocycles. The monoisotopic (exact) mass is 427 g/mol. The van der Waals surface area contributed by atoms with E-state index in [1.165, 1.54) is 0 Å². The smallest absolute Gasteiger partial charge is 0.336 e. The van der Waals surface area contributed by atoms with Crippen molar-refractivity contribution in [2.24, 2.45) is 0 Å². The molecule has 0 radical (unpaired) electrons. The van der Waals surface area contributed by atoms with Crippen LogP contribution < -0.4 is 4.90 Å². The van der Waals surface area contributed by atoms with Gasteiger partial charge in [-0.25, -0.2) is 9.78 Å². The molecule has 5 heteroatoms. The fourth-order valence-electron chi connectivity index (χ4n) is 4.18. The summed E-state index contributed by atoms with van der Waals surface area (Å²) in [7, 11) is 4.08. The minimum atomic E-state index is -0.914. The van der Waals surface area contributed by atoms with Crippen molar-refractivity contribution in [1.29, 1.82) is 0 Å². The Balaban J connectivity index is 1.88. The highest BCUT2D eigenvalue weighted by atomic mass is 16.4. The van der Waals surface area contributed by atoms with E-state index in [9.17, 15) is 9.90 Å². The number of benzene rings is 3. The van der Waals surface area contributed by atoms with Gasteiger partial charge in [-0.2, -0.15) is 0 Å². The van der Waals surface area contributed by atoms with Crippen LogP contribution in [0.2, 0.25) is 0 Å². The molecule has 0 amide bonds. The Hall–Kier alpha value is -3.60. The first-order chi connectivity index (χ1) is 15.4. The lowest BCUT2D eigenvalue weighted by molar-refractivity contribution is 0.0697. The van der Waals surface area contributed by atoms with Gasteiger partial charge < -0.3 is 10.0 Å². The van der Waals surface area contributed by atoms with Crippen molar-refractivity contribution < 1.29 is 9.90 Å². The third-order valence-corrected chi connectivity index (χ3v) is 5.89. The van der Waals surface area contributed by atoms with Gasteiger partial charge in [0.05, 0.1) is 16.6 Å². The van der Waals surface area contributed by atoms with E-state index in [0.717, 1.165) is 64.2 Å². The van der Waals surface area contributed by atoms with Gasteiger partial charge in [0, 0.05) is 31.9 Å². The quantitative estimate of drug-likeness (QED) is 0.387. The zero-order chi connectivity index (χ0) is 22.8. The molecule has 0 fully saturated rings. The van der Waals surface area contributed by atoms with Crippen molar-refractivity contribution in [3.05, 3.63) is 77.6 Å². The number of imidazole rings is 1. The largest absolute Gasteiger partial charge is 0.478 e. The summed E-state index contributed by atoms with van der Waals surface area (Å²) in [5, 5.41) is 9.61. The van der Waals surface area contributed by atoms with Gasteiger partial charge in [0.2, 0.25) is 0 Å². The van der Waals surface area contributed by atoms with Crippen LogP contribution in [0.3, 0.4) is 0 Å². The van der Waals surface area contributed by atoms with E-state index in [4.69, 9.17) is 4.98 Å². The number of aromatic nitrogens is 2. The lowest BCUT2D eigenvalue weighted by Gasteiger charge is -2.16. The molecule has 3 aromatic carbocycles. The lowest BCUT2D eigenvalue weighted by Crippen LogP contribution is -2.08. The second kappa shape index (κ2) is 8.87. The average molecular weight is 428 g/mol. The summed E-state index contributed by atoms with van der Waals surface area (Å²) in [6.45, 7) is 4.23. The second-order valence-electron chi connectivity index (χ2n) is 8.38. The van der Waals surface area contributed by atoms with Crippen LogP contribution in [0.4, 0.5) is 5.69 Å². The fourth-order valence-corrected chi connectivity index (χ4v) is 4.18. The van der Waals surface area contributed by atoms with E-state index in [1.54, 1.807) is 12.1 Å². The van der Waals surface area contributed by atoms with Gasteiger partial charge >= 0.3 is 5.97 Å². The minimum absolute atomic E-state index is 0.315. The number of rotatable bonds is 7. The molecule has 32 heavy (non-hydrogen) atoms. The van der Waals surface area contributed by atoms with Crippen LogP contribution in [0.1, 0.15) is 41.5 Å². The zero-order valence-electron chi connectivity index (χ0n) is 19.1. The van der Waals surface area contributed by atoms with Gasteiger partial charge in [-0.3, -0.25) is 4.57 Å². The summed E-state index contributed by atoms with van der Waals surface area (Å²) in [5.41, 5.74) is 7.26. The Morgan fingerprint density at radius 1 is 1.03 bits per heavy atom. The van der Waals surface area contributed by atoms with Crippen LogP contribution in [0.5, 0.6) is 0 Å². The average Bonchev–Trinajstić information content (AvgIpc) is 3.15. The lowest BCUT2D eigenvalue weighted by atomic mass is 9.95. The number of carbonyl (C=O) groups is 1. The summed E-state index contributed by atoms with van der Waals surface area (Å²) in [6, 6.07) is 19.8. The van der Waals surface area contributed by atoms with Gasteiger partial charge in [-0.1, -0.05) is 37.6 Å². The predicted molar refractivity (Wildman–Crippen MR) is 131 cm³/mol. The van der Waals surface area contributed by atoms with Crippen molar-refractivity contribution in [3.8, 4) is 16.8 Å². The summed E-state index contributed by atoms with van der Waals surface area (Å²) in [6.07, 6.45) is 3.09. The first-order valence-electron chi connectivity index (χ1n) is 11.0. The number of carboxylic acid groups (broad SMARTS) is 1. The van der Waals surface area contributed by atoms with Crippen molar-refractivity contribution in [1.82, 2.24) is 9.55 Å². The minimum Gasteiger partial charge on any atom is -0.478 e. The van der Waals surface area contributed by atoms with E-state index in [-0.39, 0.29) is 0 Å². The van der Waals surface area contributed by atoms with Crippen LogP contribution in [0.15, 0.2) is 60.7 Å². The molecule has 0 saturated heterocycles. The number of carboxylic acids is 1. The summed E-state index contributed by atoms with van der Waals surface area (Å²) in [5.74, 6) is 0.138. The highest BCUT2D eigenvalue weighted by Gasteiger charge is 2.16. The molecule has 0 atom stereocenters. The molecule has 0 saturated carbocycles. The van der Waals surface area contributed by atoms with Crippen molar-refractivity contribution >= 4 is 22.7 Å². The maximum absolute atomic E-state index is 11.7. The van der Waals surface area contributed by atoms with Crippen LogP contribution in [0.25, 0.3) is 27.8 Å². The van der Waals surface area contributed by atoms with Gasteiger partial charge in [0.1, 0.15) is 5.82 Å². The van der Waals surface area contributed by atoms with Crippen molar-refractivity contribution in [3.63, 3.8) is 0 Å². The molecule has 0 bridgehead atoms. The van der Waals surface area contributed by atoms with Crippen LogP contribution in [-0.4, -0.2) is 34.7 Å². The number of unbranched alkanes of at least 4 members (excludes halogenated alkanes) is 1. The summed E-state index contributed by atoms with van der Waals surface area (Å²) in [4.78, 5) is 18.8. The molecule has 4 rings (SSSR count). The van der Waals surface area contributed by atoms with Crippen LogP contribution in [0, 0.1) is 6.92 Å². The number of aryl methyl sites for hydroxylation is 2. The molecule has 5 nitrogen and oxygen atoms in total. The number of hydrogen-bond acceptors (Lipinski definition) is 3. The summed E-state index contributed by atoms with van der Waals surface area (Å²) < 4.78 is 2.25. The third-order valence-electron chi connectivity index (χ3n) is 5.89. The highest BCUT2D eigenvalue weighted by Crippen LogP contribution is 2.31. The van der Waals surface area contributed by atoms with E-state index < -0.39 is 5.97 Å². The summed E-state index contributed by atoms with van der Waals surface area (Å²) >= 11 is 0. The van der Waals surface area contributed by atoms with Gasteiger partial charge in [-0.15, -0.1) is 0 Å². The second-order valence-corrected chi connectivity index (χ2v) is 8.38. The molecule has 1 N–H and O–H groups in total. The maximum Gasteiger partial charge on any atom is 0.336 e. The van der Waals surface area contributed by atoms with Crippen LogP contribution >= 0.6 is 0 Å². The number of nitrogens with zero attached hydrogens (tertiary/aromatic N) is 3. The number of fused-ring (bicyclic) bond motifs is 1. The Labute approximate surface area is 189 Å². The Morgan fingerprint density at radius 2 is 1.81 bits per heavy atom. The van der Waals surface area contributed by atoms with E-state index in [0.29, 0.717) is 5.56 Å². The highest BCUT2D eigenvalue weighted by molar-refractivity contribution is 5.96. The first kappa shape index (κ1) is 21.6. The predicted octanol–water partition coefficient (Wildman–Crippen LogP) is 6.11. The molecular formula is C27H29N3O2.